The first-order valence-corrected chi connectivity index (χ1v) is 5.98. The van der Waals surface area contributed by atoms with Gasteiger partial charge in [-0.05, 0) is 0 Å². The molecule has 112 valence electrons. The van der Waals surface area contributed by atoms with Crippen LogP contribution in [0.4, 0.5) is 0 Å². The molecular formula is C11H16N2O7. The van der Waals surface area contributed by atoms with Gasteiger partial charge < -0.3 is 24.8 Å². The van der Waals surface area contributed by atoms with Crippen LogP contribution in [0, 0.1) is 0 Å². The van der Waals surface area contributed by atoms with Crippen molar-refractivity contribution in [3.63, 3.8) is 0 Å². The standard InChI is InChI=1S/C11H16N2O7/c1-19-10(17)5-3-13(11(18)12-9(5)16)8-2-6(15)7(4-14)20-8/h3,6-8,10,14-15,17H,2,4H2,1H3,(H,12,16,18)/t6-,7+,8+,10+/m0/s1. The number of hydrogen-bond acceptors (Lipinski definition) is 7. The Labute approximate surface area is 113 Å². The van der Waals surface area contributed by atoms with Gasteiger partial charge in [-0.1, -0.05) is 0 Å². The number of aromatic nitrogens is 2. The average Bonchev–Trinajstić information content (AvgIpc) is 2.79. The molecule has 1 aliphatic heterocycles. The molecule has 0 unspecified atom stereocenters. The third-order valence-corrected chi connectivity index (χ3v) is 3.18. The highest BCUT2D eigenvalue weighted by Gasteiger charge is 2.35. The summed E-state index contributed by atoms with van der Waals surface area (Å²) in [6.45, 7) is -0.386. The summed E-state index contributed by atoms with van der Waals surface area (Å²) in [6.07, 6.45) is -2.83. The third-order valence-electron chi connectivity index (χ3n) is 3.18. The molecule has 9 heteroatoms. The first-order chi connectivity index (χ1) is 9.47. The number of methoxy groups -OCH3 is 1. The topological polar surface area (TPSA) is 134 Å². The van der Waals surface area contributed by atoms with Crippen molar-refractivity contribution in [2.75, 3.05) is 13.7 Å². The Bertz CT molecular complexity index is 581. The highest BCUT2D eigenvalue weighted by molar-refractivity contribution is 5.06. The quantitative estimate of drug-likeness (QED) is 0.462. The molecule has 2 heterocycles. The van der Waals surface area contributed by atoms with E-state index in [1.54, 1.807) is 0 Å². The largest absolute Gasteiger partial charge is 0.394 e. The summed E-state index contributed by atoms with van der Waals surface area (Å²) < 4.78 is 11.0. The minimum absolute atomic E-state index is 0.0830. The molecule has 2 rings (SSSR count). The van der Waals surface area contributed by atoms with Crippen molar-refractivity contribution in [1.82, 2.24) is 9.55 Å². The minimum atomic E-state index is -1.48. The Morgan fingerprint density at radius 1 is 1.60 bits per heavy atom. The molecule has 1 aliphatic rings. The van der Waals surface area contributed by atoms with Gasteiger partial charge in [0.2, 0.25) is 0 Å². The van der Waals surface area contributed by atoms with Crippen LogP contribution in [0.2, 0.25) is 0 Å². The molecule has 4 N–H and O–H groups in total. The van der Waals surface area contributed by atoms with E-state index in [9.17, 15) is 19.8 Å². The van der Waals surface area contributed by atoms with E-state index in [0.29, 0.717) is 0 Å². The second kappa shape index (κ2) is 5.85. The molecule has 1 aromatic rings. The van der Waals surface area contributed by atoms with Crippen molar-refractivity contribution >= 4 is 0 Å². The molecule has 0 bridgehead atoms. The van der Waals surface area contributed by atoms with Crippen LogP contribution in [0.15, 0.2) is 15.8 Å². The predicted molar refractivity (Wildman–Crippen MR) is 64.9 cm³/mol. The smallest absolute Gasteiger partial charge is 0.330 e. The van der Waals surface area contributed by atoms with Crippen LogP contribution in [0.5, 0.6) is 0 Å². The molecule has 4 atom stereocenters. The van der Waals surface area contributed by atoms with Gasteiger partial charge in [0.15, 0.2) is 6.29 Å². The molecule has 0 amide bonds. The van der Waals surface area contributed by atoms with E-state index in [-0.39, 0.29) is 18.6 Å². The van der Waals surface area contributed by atoms with Crippen LogP contribution in [-0.2, 0) is 9.47 Å². The number of aliphatic hydroxyl groups is 3. The van der Waals surface area contributed by atoms with E-state index < -0.39 is 36.0 Å². The monoisotopic (exact) mass is 288 g/mol. The lowest BCUT2D eigenvalue weighted by molar-refractivity contribution is -0.0796. The van der Waals surface area contributed by atoms with Crippen LogP contribution in [-0.4, -0.2) is 50.8 Å². The number of aliphatic hydroxyl groups excluding tert-OH is 3. The van der Waals surface area contributed by atoms with Gasteiger partial charge in [-0.15, -0.1) is 0 Å². The fourth-order valence-electron chi connectivity index (χ4n) is 2.07. The van der Waals surface area contributed by atoms with E-state index in [1.807, 2.05) is 4.98 Å². The number of H-pyrrole nitrogens is 1. The lowest BCUT2D eigenvalue weighted by Gasteiger charge is -2.16. The molecule has 0 radical (unpaired) electrons. The van der Waals surface area contributed by atoms with Gasteiger partial charge >= 0.3 is 5.69 Å². The first-order valence-electron chi connectivity index (χ1n) is 5.98. The zero-order valence-corrected chi connectivity index (χ0v) is 10.7. The summed E-state index contributed by atoms with van der Waals surface area (Å²) in [5.41, 5.74) is -1.66. The molecule has 1 saturated heterocycles. The molecule has 0 spiro atoms. The number of ether oxygens (including phenoxy) is 2. The summed E-state index contributed by atoms with van der Waals surface area (Å²) in [5, 5.41) is 28.2. The normalized spacial score (nSPS) is 27.7. The molecule has 1 fully saturated rings. The van der Waals surface area contributed by atoms with Crippen LogP contribution >= 0.6 is 0 Å². The van der Waals surface area contributed by atoms with E-state index in [0.717, 1.165) is 10.8 Å². The molecule has 0 aromatic carbocycles. The molecule has 1 aromatic heterocycles. The Balaban J connectivity index is 2.38. The number of aromatic amines is 1. The zero-order chi connectivity index (χ0) is 14.9. The average molecular weight is 288 g/mol. The van der Waals surface area contributed by atoms with Crippen LogP contribution in [0.3, 0.4) is 0 Å². The predicted octanol–water partition coefficient (Wildman–Crippen LogP) is -2.19. The van der Waals surface area contributed by atoms with Crippen molar-refractivity contribution in [3.8, 4) is 0 Å². The molecule has 20 heavy (non-hydrogen) atoms. The van der Waals surface area contributed by atoms with Crippen molar-refractivity contribution in [2.45, 2.75) is 31.1 Å². The molecule has 9 nitrogen and oxygen atoms in total. The number of nitrogens with one attached hydrogen (secondary N) is 1. The van der Waals surface area contributed by atoms with Gasteiger partial charge in [-0.25, -0.2) is 4.79 Å². The summed E-state index contributed by atoms with van der Waals surface area (Å²) in [6, 6.07) is 0. The van der Waals surface area contributed by atoms with Gasteiger partial charge in [-0.3, -0.25) is 14.3 Å². The van der Waals surface area contributed by atoms with Crippen molar-refractivity contribution in [3.05, 3.63) is 32.6 Å². The summed E-state index contributed by atoms with van der Waals surface area (Å²) in [5.74, 6) is 0. The third kappa shape index (κ3) is 2.67. The Kier molecular flexibility index (Phi) is 4.35. The van der Waals surface area contributed by atoms with Crippen LogP contribution in [0.1, 0.15) is 24.5 Å². The van der Waals surface area contributed by atoms with Crippen LogP contribution in [0.25, 0.3) is 0 Å². The lowest BCUT2D eigenvalue weighted by atomic mass is 10.2. The Hall–Kier alpha value is -1.52. The van der Waals surface area contributed by atoms with E-state index in [4.69, 9.17) is 9.84 Å². The van der Waals surface area contributed by atoms with E-state index >= 15 is 0 Å². The summed E-state index contributed by atoms with van der Waals surface area (Å²) >= 11 is 0. The molecular weight excluding hydrogens is 272 g/mol. The maximum Gasteiger partial charge on any atom is 0.330 e. The maximum absolute atomic E-state index is 11.8. The Morgan fingerprint density at radius 3 is 2.85 bits per heavy atom. The van der Waals surface area contributed by atoms with Gasteiger partial charge in [0.25, 0.3) is 5.56 Å². The molecule has 0 aliphatic carbocycles. The number of rotatable bonds is 4. The highest BCUT2D eigenvalue weighted by Crippen LogP contribution is 2.27. The first kappa shape index (κ1) is 14.9. The van der Waals surface area contributed by atoms with E-state index in [1.165, 1.54) is 7.11 Å². The van der Waals surface area contributed by atoms with Crippen LogP contribution < -0.4 is 11.2 Å². The fourth-order valence-corrected chi connectivity index (χ4v) is 2.07. The summed E-state index contributed by atoms with van der Waals surface area (Å²) in [4.78, 5) is 25.3. The second-order valence-electron chi connectivity index (χ2n) is 4.45. The van der Waals surface area contributed by atoms with Crippen molar-refractivity contribution in [2.24, 2.45) is 0 Å². The lowest BCUT2D eigenvalue weighted by Crippen LogP contribution is -2.35. The van der Waals surface area contributed by atoms with Crippen molar-refractivity contribution in [1.29, 1.82) is 0 Å². The maximum atomic E-state index is 11.8. The van der Waals surface area contributed by atoms with Crippen molar-refractivity contribution < 1.29 is 24.8 Å². The fraction of sp³-hybridized carbons (Fsp3) is 0.636. The second-order valence-corrected chi connectivity index (χ2v) is 4.45. The number of hydrogen-bond donors (Lipinski definition) is 4. The Morgan fingerprint density at radius 2 is 2.30 bits per heavy atom. The van der Waals surface area contributed by atoms with Gasteiger partial charge in [-0.2, -0.15) is 0 Å². The molecule has 0 saturated carbocycles. The SMILES string of the molecule is CO[C@@H](O)c1cn([C@H]2C[C@H](O)[C@@H](CO)O2)c(=O)[nH]c1=O. The number of nitrogens with zero attached hydrogens (tertiary/aromatic N) is 1. The van der Waals surface area contributed by atoms with E-state index in [2.05, 4.69) is 4.74 Å². The summed E-state index contributed by atoms with van der Waals surface area (Å²) in [7, 11) is 1.21. The van der Waals surface area contributed by atoms with Gasteiger partial charge in [0.1, 0.15) is 12.3 Å². The zero-order valence-electron chi connectivity index (χ0n) is 10.7. The van der Waals surface area contributed by atoms with Gasteiger partial charge in [0, 0.05) is 19.7 Å². The van der Waals surface area contributed by atoms with Gasteiger partial charge in [0.05, 0.1) is 18.3 Å². The highest BCUT2D eigenvalue weighted by atomic mass is 16.6. The minimum Gasteiger partial charge on any atom is -0.394 e.